The number of benzene rings is 2. The van der Waals surface area contributed by atoms with Gasteiger partial charge >= 0.3 is 5.91 Å². The smallest absolute Gasteiger partial charge is 0.301 e. The van der Waals surface area contributed by atoms with Crippen LogP contribution in [0.2, 0.25) is 5.02 Å². The number of carbonyl (C=O) groups excluding carboxylic acids is 2. The quantitative estimate of drug-likeness (QED) is 0.202. The van der Waals surface area contributed by atoms with Crippen molar-refractivity contribution in [3.8, 4) is 0 Å². The molecule has 33 heavy (non-hydrogen) atoms. The average molecular weight is 499 g/mol. The minimum Gasteiger partial charge on any atom is -0.507 e. The lowest BCUT2D eigenvalue weighted by atomic mass is 9.99. The number of thiazole rings is 1. The summed E-state index contributed by atoms with van der Waals surface area (Å²) < 4.78 is 14.6. The van der Waals surface area contributed by atoms with Gasteiger partial charge in [0, 0.05) is 15.5 Å². The first-order valence-corrected chi connectivity index (χ1v) is 12.0. The molecule has 1 fully saturated rings. The molecule has 0 bridgehead atoms. The van der Waals surface area contributed by atoms with Gasteiger partial charge in [-0.2, -0.15) is 0 Å². The van der Waals surface area contributed by atoms with Crippen molar-refractivity contribution in [3.63, 3.8) is 0 Å². The molecule has 1 aliphatic heterocycles. The molecule has 5 rings (SSSR count). The molecule has 1 amide bonds. The van der Waals surface area contributed by atoms with E-state index < -0.39 is 23.5 Å². The van der Waals surface area contributed by atoms with Crippen molar-refractivity contribution >= 4 is 67.1 Å². The zero-order chi connectivity index (χ0) is 23.4. The summed E-state index contributed by atoms with van der Waals surface area (Å²) >= 11 is 8.87. The van der Waals surface area contributed by atoms with Crippen LogP contribution in [0.1, 0.15) is 27.6 Å². The Morgan fingerprint density at radius 3 is 2.64 bits per heavy atom. The SMILES string of the molecule is Cc1cc(/C(O)=C2\C(=O)C(=O)N(c3nc4cc(Cl)c(C)cc4s3)C2c2cccs2)ccc1F. The van der Waals surface area contributed by atoms with Gasteiger partial charge in [-0.05, 0) is 66.8 Å². The Hall–Kier alpha value is -3.07. The van der Waals surface area contributed by atoms with E-state index in [1.54, 1.807) is 19.1 Å². The van der Waals surface area contributed by atoms with Crippen LogP contribution in [0, 0.1) is 19.7 Å². The minimum absolute atomic E-state index is 0.0538. The molecule has 166 valence electrons. The fourth-order valence-electron chi connectivity index (χ4n) is 3.83. The van der Waals surface area contributed by atoms with Crippen molar-refractivity contribution in [1.29, 1.82) is 0 Å². The maximum absolute atomic E-state index is 13.8. The van der Waals surface area contributed by atoms with Gasteiger partial charge in [-0.1, -0.05) is 29.0 Å². The number of halogens is 2. The monoisotopic (exact) mass is 498 g/mol. The topological polar surface area (TPSA) is 70.5 Å². The van der Waals surface area contributed by atoms with E-state index in [0.717, 1.165) is 10.3 Å². The van der Waals surface area contributed by atoms with Crippen molar-refractivity contribution in [1.82, 2.24) is 4.98 Å². The number of fused-ring (bicyclic) bond motifs is 1. The van der Waals surface area contributed by atoms with Crippen LogP contribution in [0.3, 0.4) is 0 Å². The van der Waals surface area contributed by atoms with Crippen molar-refractivity contribution in [2.45, 2.75) is 19.9 Å². The van der Waals surface area contributed by atoms with E-state index in [-0.39, 0.29) is 16.9 Å². The second-order valence-corrected chi connectivity index (χ2v) is 10.1. The molecule has 3 heterocycles. The third kappa shape index (κ3) is 3.55. The third-order valence-corrected chi connectivity index (χ3v) is 7.90. The van der Waals surface area contributed by atoms with Gasteiger partial charge in [0.25, 0.3) is 5.78 Å². The van der Waals surface area contributed by atoms with Crippen LogP contribution in [0.4, 0.5) is 9.52 Å². The van der Waals surface area contributed by atoms with Gasteiger partial charge < -0.3 is 5.11 Å². The second-order valence-electron chi connectivity index (χ2n) is 7.71. The normalized spacial score (nSPS) is 17.9. The highest BCUT2D eigenvalue weighted by atomic mass is 35.5. The Morgan fingerprint density at radius 2 is 1.94 bits per heavy atom. The summed E-state index contributed by atoms with van der Waals surface area (Å²) in [5.41, 5.74) is 2.02. The first kappa shape index (κ1) is 21.8. The first-order valence-electron chi connectivity index (χ1n) is 9.94. The summed E-state index contributed by atoms with van der Waals surface area (Å²) in [4.78, 5) is 33.0. The van der Waals surface area contributed by atoms with Crippen molar-refractivity contribution in [2.75, 3.05) is 4.90 Å². The molecule has 2 aromatic carbocycles. The van der Waals surface area contributed by atoms with Crippen molar-refractivity contribution in [2.24, 2.45) is 0 Å². The van der Waals surface area contributed by atoms with Crippen LogP contribution < -0.4 is 4.90 Å². The maximum atomic E-state index is 13.8. The molecule has 1 saturated heterocycles. The summed E-state index contributed by atoms with van der Waals surface area (Å²) in [6.07, 6.45) is 0. The van der Waals surface area contributed by atoms with E-state index >= 15 is 0 Å². The Morgan fingerprint density at radius 1 is 1.15 bits per heavy atom. The fraction of sp³-hybridized carbons (Fsp3) is 0.125. The summed E-state index contributed by atoms with van der Waals surface area (Å²) in [6, 6.07) is 10.4. The van der Waals surface area contributed by atoms with Crippen LogP contribution in [-0.4, -0.2) is 21.8 Å². The molecule has 1 atom stereocenters. The van der Waals surface area contributed by atoms with Crippen LogP contribution >= 0.6 is 34.3 Å². The van der Waals surface area contributed by atoms with Gasteiger partial charge in [0.15, 0.2) is 5.13 Å². The minimum atomic E-state index is -0.854. The largest absolute Gasteiger partial charge is 0.507 e. The van der Waals surface area contributed by atoms with Gasteiger partial charge in [0.2, 0.25) is 0 Å². The first-order chi connectivity index (χ1) is 15.8. The molecular formula is C24H16ClFN2O3S2. The van der Waals surface area contributed by atoms with E-state index in [2.05, 4.69) is 4.98 Å². The number of carbonyl (C=O) groups is 2. The van der Waals surface area contributed by atoms with Gasteiger partial charge in [0.1, 0.15) is 17.6 Å². The fourth-order valence-corrected chi connectivity index (χ4v) is 5.89. The van der Waals surface area contributed by atoms with Gasteiger partial charge in [-0.25, -0.2) is 9.37 Å². The van der Waals surface area contributed by atoms with E-state index in [1.807, 2.05) is 24.4 Å². The molecular weight excluding hydrogens is 483 g/mol. The van der Waals surface area contributed by atoms with Crippen molar-refractivity contribution in [3.05, 3.63) is 85.8 Å². The van der Waals surface area contributed by atoms with Gasteiger partial charge in [-0.3, -0.25) is 14.5 Å². The van der Waals surface area contributed by atoms with Crippen molar-refractivity contribution < 1.29 is 19.1 Å². The molecule has 0 saturated carbocycles. The molecule has 2 aromatic heterocycles. The van der Waals surface area contributed by atoms with E-state index in [9.17, 15) is 19.1 Å². The number of thiophene rings is 1. The summed E-state index contributed by atoms with van der Waals surface area (Å²) in [6.45, 7) is 3.44. The second kappa shape index (κ2) is 8.06. The number of ketones is 1. The Kier molecular flexibility index (Phi) is 5.31. The van der Waals surface area contributed by atoms with E-state index in [0.29, 0.717) is 26.1 Å². The van der Waals surface area contributed by atoms with Crippen LogP contribution in [-0.2, 0) is 9.59 Å². The highest BCUT2D eigenvalue weighted by Gasteiger charge is 2.48. The molecule has 1 N–H and O–H groups in total. The highest BCUT2D eigenvalue weighted by molar-refractivity contribution is 7.22. The van der Waals surface area contributed by atoms with Crippen LogP contribution in [0.15, 0.2) is 53.4 Å². The predicted molar refractivity (Wildman–Crippen MR) is 130 cm³/mol. The predicted octanol–water partition coefficient (Wildman–Crippen LogP) is 6.39. The number of Topliss-reactive ketones (excluding diaryl/α,β-unsaturated/α-hetero) is 1. The molecule has 0 aliphatic carbocycles. The molecule has 0 spiro atoms. The molecule has 5 nitrogen and oxygen atoms in total. The Bertz CT molecular complexity index is 1440. The van der Waals surface area contributed by atoms with Crippen LogP contribution in [0.25, 0.3) is 16.0 Å². The number of hydrogen-bond acceptors (Lipinski definition) is 6. The zero-order valence-corrected chi connectivity index (χ0v) is 19.8. The number of hydrogen-bond donors (Lipinski definition) is 1. The molecule has 9 heteroatoms. The number of aryl methyl sites for hydroxylation is 2. The number of aromatic nitrogens is 1. The molecule has 1 unspecified atom stereocenters. The number of rotatable bonds is 3. The van der Waals surface area contributed by atoms with Crippen LogP contribution in [0.5, 0.6) is 0 Å². The maximum Gasteiger partial charge on any atom is 0.301 e. The lowest BCUT2D eigenvalue weighted by Crippen LogP contribution is -2.28. The average Bonchev–Trinajstić information content (AvgIpc) is 3.49. The number of amides is 1. The van der Waals surface area contributed by atoms with Gasteiger partial charge in [0.05, 0.1) is 15.8 Å². The Labute approximate surface area is 201 Å². The Balaban J connectivity index is 1.71. The molecule has 4 aromatic rings. The highest BCUT2D eigenvalue weighted by Crippen LogP contribution is 2.45. The number of aliphatic hydroxyl groups is 1. The van der Waals surface area contributed by atoms with E-state index in [4.69, 9.17) is 11.6 Å². The van der Waals surface area contributed by atoms with Gasteiger partial charge in [-0.15, -0.1) is 11.3 Å². The third-order valence-electron chi connectivity index (χ3n) is 5.55. The summed E-state index contributed by atoms with van der Waals surface area (Å²) in [7, 11) is 0. The zero-order valence-electron chi connectivity index (χ0n) is 17.4. The summed E-state index contributed by atoms with van der Waals surface area (Å²) in [5, 5.41) is 13.8. The number of aliphatic hydroxyl groups excluding tert-OH is 1. The number of anilines is 1. The number of nitrogens with zero attached hydrogens (tertiary/aromatic N) is 2. The molecule has 0 radical (unpaired) electrons. The standard InChI is InChI=1S/C24H16ClFN2O3S2/c1-11-9-18-16(10-14(11)25)27-24(33-18)28-20(17-4-3-7-32-17)19(22(30)23(28)31)21(29)13-5-6-15(26)12(2)8-13/h3-10,20,29H,1-2H3/b21-19+. The lowest BCUT2D eigenvalue weighted by Gasteiger charge is -2.21. The molecule has 1 aliphatic rings. The summed E-state index contributed by atoms with van der Waals surface area (Å²) in [5.74, 6) is -2.38. The lowest BCUT2D eigenvalue weighted by molar-refractivity contribution is -0.132. The van der Waals surface area contributed by atoms with E-state index in [1.165, 1.54) is 45.8 Å².